The molecule has 1 aromatic carbocycles. The fourth-order valence-electron chi connectivity index (χ4n) is 3.42. The molecule has 0 bridgehead atoms. The van der Waals surface area contributed by atoms with Gasteiger partial charge in [0.25, 0.3) is 15.9 Å². The maximum Gasteiger partial charge on any atom is 0.267 e. The summed E-state index contributed by atoms with van der Waals surface area (Å²) in [5.74, 6) is 0.0271. The van der Waals surface area contributed by atoms with Gasteiger partial charge in [0.05, 0.1) is 10.5 Å². The Balaban J connectivity index is 0.00000261. The lowest BCUT2D eigenvalue weighted by Crippen LogP contribution is -2.44. The fraction of sp³-hybridized carbons (Fsp3) is 0.421. The number of hydrogen-bond donors (Lipinski definition) is 2. The Bertz CT molecular complexity index is 878. The summed E-state index contributed by atoms with van der Waals surface area (Å²) < 4.78 is 26.5. The highest BCUT2D eigenvalue weighted by Gasteiger charge is 2.26. The minimum Gasteiger partial charge on any atom is -0.349 e. The summed E-state index contributed by atoms with van der Waals surface area (Å²) in [7, 11) is -3.70. The van der Waals surface area contributed by atoms with E-state index in [4.69, 9.17) is 5.73 Å². The van der Waals surface area contributed by atoms with E-state index in [1.165, 1.54) is 18.5 Å². The van der Waals surface area contributed by atoms with Gasteiger partial charge in [-0.15, -0.1) is 12.4 Å². The molecular weight excluding hydrogens is 386 g/mol. The van der Waals surface area contributed by atoms with Crippen molar-refractivity contribution in [3.05, 3.63) is 53.9 Å². The third-order valence-electron chi connectivity index (χ3n) is 5.05. The van der Waals surface area contributed by atoms with Crippen molar-refractivity contribution in [3.63, 3.8) is 0 Å². The first-order chi connectivity index (χ1) is 12.4. The second-order valence-corrected chi connectivity index (χ2v) is 8.75. The molecule has 0 radical (unpaired) electrons. The molecule has 1 fully saturated rings. The number of rotatable bonds is 5. The number of benzene rings is 1. The molecular formula is C19H26ClN3O3S. The molecule has 1 saturated carbocycles. The third-order valence-corrected chi connectivity index (χ3v) is 6.70. The van der Waals surface area contributed by atoms with Crippen LogP contribution in [0.1, 0.15) is 41.6 Å². The lowest BCUT2D eigenvalue weighted by Gasteiger charge is -2.31. The van der Waals surface area contributed by atoms with Crippen LogP contribution in [-0.2, 0) is 10.0 Å². The van der Waals surface area contributed by atoms with Crippen molar-refractivity contribution < 1.29 is 13.2 Å². The summed E-state index contributed by atoms with van der Waals surface area (Å²) in [6, 6.07) is 8.22. The Kier molecular flexibility index (Phi) is 7.08. The molecule has 1 aliphatic rings. The smallest absolute Gasteiger partial charge is 0.267 e. The van der Waals surface area contributed by atoms with Gasteiger partial charge in [0.2, 0.25) is 0 Å². The first-order valence-electron chi connectivity index (χ1n) is 8.93. The molecule has 3 N–H and O–H groups in total. The zero-order valence-electron chi connectivity index (χ0n) is 15.3. The number of halogens is 1. The molecule has 0 aliphatic heterocycles. The number of hydrogen-bond acceptors (Lipinski definition) is 4. The molecule has 2 aromatic rings. The van der Waals surface area contributed by atoms with E-state index in [9.17, 15) is 13.2 Å². The van der Waals surface area contributed by atoms with E-state index in [-0.39, 0.29) is 35.2 Å². The van der Waals surface area contributed by atoms with E-state index in [2.05, 4.69) is 5.32 Å². The standard InChI is InChI=1S/C19H25N3O3S.ClH/c1-14-6-8-17(9-7-14)26(24,25)22-11-10-16(13-22)19(23)21-18-5-3-2-4-15(18)12-20;/h6-11,13,15,18H,2-5,12,20H2,1H3,(H,21,23);1H. The van der Waals surface area contributed by atoms with Gasteiger partial charge in [0.1, 0.15) is 0 Å². The quantitative estimate of drug-likeness (QED) is 0.790. The monoisotopic (exact) mass is 411 g/mol. The van der Waals surface area contributed by atoms with Gasteiger partial charge in [-0.3, -0.25) is 4.79 Å². The van der Waals surface area contributed by atoms with E-state index in [0.29, 0.717) is 12.1 Å². The highest BCUT2D eigenvalue weighted by molar-refractivity contribution is 7.90. The van der Waals surface area contributed by atoms with Crippen LogP contribution >= 0.6 is 12.4 Å². The summed E-state index contributed by atoms with van der Waals surface area (Å²) in [6.45, 7) is 2.45. The molecule has 148 valence electrons. The average molecular weight is 412 g/mol. The van der Waals surface area contributed by atoms with Crippen molar-refractivity contribution in [2.24, 2.45) is 11.7 Å². The number of nitrogens with one attached hydrogen (secondary N) is 1. The van der Waals surface area contributed by atoms with Gasteiger partial charge in [-0.1, -0.05) is 30.5 Å². The van der Waals surface area contributed by atoms with Crippen LogP contribution in [0.4, 0.5) is 0 Å². The van der Waals surface area contributed by atoms with E-state index in [1.54, 1.807) is 24.3 Å². The maximum absolute atomic E-state index is 12.7. The third kappa shape index (κ3) is 4.72. The first-order valence-corrected chi connectivity index (χ1v) is 10.4. The zero-order valence-corrected chi connectivity index (χ0v) is 16.9. The molecule has 0 saturated heterocycles. The van der Waals surface area contributed by atoms with Crippen molar-refractivity contribution in [1.82, 2.24) is 9.29 Å². The van der Waals surface area contributed by atoms with Crippen LogP contribution in [0.2, 0.25) is 0 Å². The van der Waals surface area contributed by atoms with Crippen molar-refractivity contribution in [3.8, 4) is 0 Å². The Morgan fingerprint density at radius 2 is 1.85 bits per heavy atom. The zero-order chi connectivity index (χ0) is 18.7. The molecule has 8 heteroatoms. The Labute approximate surface area is 166 Å². The number of carbonyl (C=O) groups excluding carboxylic acids is 1. The number of nitrogens with zero attached hydrogens (tertiary/aromatic N) is 1. The number of nitrogens with two attached hydrogens (primary N) is 1. The molecule has 27 heavy (non-hydrogen) atoms. The molecule has 2 atom stereocenters. The topological polar surface area (TPSA) is 94.2 Å². The second-order valence-electron chi connectivity index (χ2n) is 6.91. The van der Waals surface area contributed by atoms with Crippen LogP contribution in [-0.4, -0.2) is 30.9 Å². The van der Waals surface area contributed by atoms with Crippen LogP contribution < -0.4 is 11.1 Å². The van der Waals surface area contributed by atoms with Crippen molar-refractivity contribution in [2.45, 2.75) is 43.5 Å². The lowest BCUT2D eigenvalue weighted by atomic mass is 9.84. The second kappa shape index (κ2) is 8.91. The molecule has 1 amide bonds. The van der Waals surface area contributed by atoms with Gasteiger partial charge >= 0.3 is 0 Å². The lowest BCUT2D eigenvalue weighted by molar-refractivity contribution is 0.0908. The number of aromatic nitrogens is 1. The van der Waals surface area contributed by atoms with E-state index >= 15 is 0 Å². The average Bonchev–Trinajstić information content (AvgIpc) is 3.14. The summed E-state index contributed by atoms with van der Waals surface area (Å²) in [6.07, 6.45) is 6.92. The summed E-state index contributed by atoms with van der Waals surface area (Å²) in [5.41, 5.74) is 7.13. The minimum absolute atomic E-state index is 0. The predicted octanol–water partition coefficient (Wildman–Crippen LogP) is 2.70. The van der Waals surface area contributed by atoms with Gasteiger partial charge in [-0.2, -0.15) is 0 Å². The molecule has 1 aromatic heterocycles. The summed E-state index contributed by atoms with van der Waals surface area (Å²) in [4.78, 5) is 12.7. The molecule has 2 unspecified atom stereocenters. The van der Waals surface area contributed by atoms with Gasteiger partial charge in [-0.25, -0.2) is 12.4 Å². The van der Waals surface area contributed by atoms with Crippen molar-refractivity contribution >= 4 is 28.3 Å². The Hall–Kier alpha value is -1.83. The Morgan fingerprint density at radius 1 is 1.19 bits per heavy atom. The highest BCUT2D eigenvalue weighted by Crippen LogP contribution is 2.24. The summed E-state index contributed by atoms with van der Waals surface area (Å²) in [5, 5.41) is 3.02. The van der Waals surface area contributed by atoms with Gasteiger partial charge < -0.3 is 11.1 Å². The number of amides is 1. The fourth-order valence-corrected chi connectivity index (χ4v) is 4.62. The van der Waals surface area contributed by atoms with Gasteiger partial charge in [0, 0.05) is 18.4 Å². The van der Waals surface area contributed by atoms with Crippen LogP contribution in [0.5, 0.6) is 0 Å². The van der Waals surface area contributed by atoms with E-state index in [1.807, 2.05) is 6.92 Å². The van der Waals surface area contributed by atoms with Gasteiger partial charge in [0.15, 0.2) is 0 Å². The highest BCUT2D eigenvalue weighted by atomic mass is 35.5. The van der Waals surface area contributed by atoms with Crippen LogP contribution in [0.3, 0.4) is 0 Å². The van der Waals surface area contributed by atoms with E-state index in [0.717, 1.165) is 35.2 Å². The molecule has 6 nitrogen and oxygen atoms in total. The first kappa shape index (κ1) is 21.5. The number of carbonyl (C=O) groups is 1. The number of aryl methyl sites for hydroxylation is 1. The van der Waals surface area contributed by atoms with E-state index < -0.39 is 10.0 Å². The normalized spacial score (nSPS) is 19.9. The van der Waals surface area contributed by atoms with Crippen LogP contribution in [0, 0.1) is 12.8 Å². The summed E-state index contributed by atoms with van der Waals surface area (Å²) >= 11 is 0. The minimum atomic E-state index is -3.70. The van der Waals surface area contributed by atoms with Crippen LogP contribution in [0.25, 0.3) is 0 Å². The van der Waals surface area contributed by atoms with Gasteiger partial charge in [-0.05, 0) is 50.4 Å². The Morgan fingerprint density at radius 3 is 2.52 bits per heavy atom. The van der Waals surface area contributed by atoms with Crippen molar-refractivity contribution in [2.75, 3.05) is 6.54 Å². The molecule has 0 spiro atoms. The van der Waals surface area contributed by atoms with Crippen LogP contribution in [0.15, 0.2) is 47.6 Å². The van der Waals surface area contributed by atoms with Crippen molar-refractivity contribution in [1.29, 1.82) is 0 Å². The predicted molar refractivity (Wildman–Crippen MR) is 108 cm³/mol. The largest absolute Gasteiger partial charge is 0.349 e. The molecule has 1 heterocycles. The maximum atomic E-state index is 12.7. The molecule has 3 rings (SSSR count). The SMILES string of the molecule is Cc1ccc(S(=O)(=O)n2ccc(C(=O)NC3CCCCC3CN)c2)cc1.Cl. The molecule has 1 aliphatic carbocycles.